The highest BCUT2D eigenvalue weighted by molar-refractivity contribution is 6.30. The van der Waals surface area contributed by atoms with Gasteiger partial charge in [0.2, 0.25) is 5.91 Å². The highest BCUT2D eigenvalue weighted by Crippen LogP contribution is 2.24. The Morgan fingerprint density at radius 2 is 1.90 bits per heavy atom. The molecule has 2 atom stereocenters. The number of hydrogen-bond acceptors (Lipinski definition) is 2. The van der Waals surface area contributed by atoms with Crippen molar-refractivity contribution < 1.29 is 18.0 Å². The average molecular weight is 323 g/mol. The smallest absolute Gasteiger partial charge is 0.353 e. The van der Waals surface area contributed by atoms with Gasteiger partial charge in [-0.2, -0.15) is 13.2 Å². The third kappa shape index (κ3) is 5.93. The van der Waals surface area contributed by atoms with Gasteiger partial charge in [0.15, 0.2) is 0 Å². The molecule has 0 fully saturated rings. The molecule has 0 aromatic heterocycles. The molecule has 2 unspecified atom stereocenters. The number of carbonyl (C=O) groups is 1. The van der Waals surface area contributed by atoms with Gasteiger partial charge < -0.3 is 5.32 Å². The molecule has 0 saturated heterocycles. The molecule has 7 heteroatoms. The average Bonchev–Trinajstić information content (AvgIpc) is 2.38. The Kier molecular flexibility index (Phi) is 6.48. The normalized spacial score (nSPS) is 14.8. The molecule has 3 nitrogen and oxygen atoms in total. The Morgan fingerprint density at radius 3 is 2.38 bits per heavy atom. The van der Waals surface area contributed by atoms with E-state index in [2.05, 4.69) is 5.32 Å². The summed E-state index contributed by atoms with van der Waals surface area (Å²) in [6.07, 6.45) is -4.44. The lowest BCUT2D eigenvalue weighted by Crippen LogP contribution is -2.51. The van der Waals surface area contributed by atoms with Gasteiger partial charge in [-0.15, -0.1) is 11.6 Å². The molecule has 1 amide bonds. The molecule has 0 aliphatic heterocycles. The Morgan fingerprint density at radius 1 is 1.33 bits per heavy atom. The van der Waals surface area contributed by atoms with Crippen LogP contribution in [-0.2, 0) is 11.3 Å². The zero-order chi connectivity index (χ0) is 16.0. The Balaban J connectivity index is 2.71. The minimum atomic E-state index is -4.44. The van der Waals surface area contributed by atoms with Crippen molar-refractivity contribution in [2.75, 3.05) is 13.6 Å². The van der Waals surface area contributed by atoms with Gasteiger partial charge in [-0.25, -0.2) is 0 Å². The van der Waals surface area contributed by atoms with E-state index < -0.39 is 30.0 Å². The summed E-state index contributed by atoms with van der Waals surface area (Å²) >= 11 is 5.53. The molecule has 118 valence electrons. The maximum absolute atomic E-state index is 13.1. The zero-order valence-electron chi connectivity index (χ0n) is 11.8. The number of hydrogen-bond donors (Lipinski definition) is 1. The predicted octanol–water partition coefficient (Wildman–Crippen LogP) is 2.79. The first-order valence-electron chi connectivity index (χ1n) is 6.44. The van der Waals surface area contributed by atoms with Gasteiger partial charge in [-0.3, -0.25) is 9.69 Å². The number of rotatable bonds is 6. The second kappa shape index (κ2) is 7.66. The molecule has 21 heavy (non-hydrogen) atoms. The van der Waals surface area contributed by atoms with E-state index in [0.717, 1.165) is 10.5 Å². The Labute approximate surface area is 127 Å². The van der Waals surface area contributed by atoms with Crippen LogP contribution in [0.3, 0.4) is 0 Å². The number of halogens is 4. The monoisotopic (exact) mass is 322 g/mol. The number of likely N-dealkylation sites (N-methyl/N-ethyl adjacent to an activating group) is 1. The van der Waals surface area contributed by atoms with Crippen LogP contribution in [-0.4, -0.2) is 42.0 Å². The van der Waals surface area contributed by atoms with E-state index in [-0.39, 0.29) is 6.54 Å². The van der Waals surface area contributed by atoms with Crippen LogP contribution in [0.5, 0.6) is 0 Å². The summed E-state index contributed by atoms with van der Waals surface area (Å²) in [5.74, 6) is -0.612. The van der Waals surface area contributed by atoms with Crippen LogP contribution in [0.1, 0.15) is 12.5 Å². The molecule has 0 spiro atoms. The van der Waals surface area contributed by atoms with E-state index in [1.165, 1.54) is 14.0 Å². The number of alkyl halides is 4. The molecular formula is C14H18ClF3N2O. The molecule has 1 N–H and O–H groups in total. The topological polar surface area (TPSA) is 32.3 Å². The Hall–Kier alpha value is -1.27. The maximum Gasteiger partial charge on any atom is 0.405 e. The minimum Gasteiger partial charge on any atom is -0.353 e. The summed E-state index contributed by atoms with van der Waals surface area (Å²) in [6.45, 7) is 1.02. The minimum absolute atomic E-state index is 0.136. The molecule has 1 aromatic carbocycles. The van der Waals surface area contributed by atoms with Crippen LogP contribution in [0.15, 0.2) is 30.3 Å². The van der Waals surface area contributed by atoms with Crippen molar-refractivity contribution in [2.24, 2.45) is 0 Å². The van der Waals surface area contributed by atoms with E-state index in [9.17, 15) is 18.0 Å². The van der Waals surface area contributed by atoms with E-state index >= 15 is 0 Å². The molecule has 1 rings (SSSR count). The highest BCUT2D eigenvalue weighted by atomic mass is 35.5. The third-order valence-electron chi connectivity index (χ3n) is 3.02. The van der Waals surface area contributed by atoms with Crippen LogP contribution >= 0.6 is 11.6 Å². The zero-order valence-corrected chi connectivity index (χ0v) is 12.6. The molecular weight excluding hydrogens is 305 g/mol. The number of nitrogens with zero attached hydrogens (tertiary/aromatic N) is 1. The fourth-order valence-corrected chi connectivity index (χ4v) is 1.92. The van der Waals surface area contributed by atoms with E-state index in [4.69, 9.17) is 11.6 Å². The fourth-order valence-electron chi connectivity index (χ4n) is 1.84. The van der Waals surface area contributed by atoms with Gasteiger partial charge in [-0.05, 0) is 19.5 Å². The quantitative estimate of drug-likeness (QED) is 0.817. The van der Waals surface area contributed by atoms with Crippen LogP contribution in [0.2, 0.25) is 0 Å². The van der Waals surface area contributed by atoms with Gasteiger partial charge in [0.25, 0.3) is 0 Å². The number of nitrogens with one attached hydrogen (secondary N) is 1. The summed E-state index contributed by atoms with van der Waals surface area (Å²) in [6, 6.07) is 7.07. The SMILES string of the molecule is CC(Cl)C(=O)NCC(N(C)Cc1ccccc1)C(F)(F)F. The van der Waals surface area contributed by atoms with Gasteiger partial charge >= 0.3 is 6.18 Å². The summed E-state index contributed by atoms with van der Waals surface area (Å²) in [5, 5.41) is 1.36. The first kappa shape index (κ1) is 17.8. The maximum atomic E-state index is 13.1. The van der Waals surface area contributed by atoms with Gasteiger partial charge in [-0.1, -0.05) is 30.3 Å². The van der Waals surface area contributed by atoms with Crippen molar-refractivity contribution in [3.63, 3.8) is 0 Å². The van der Waals surface area contributed by atoms with E-state index in [1.54, 1.807) is 30.3 Å². The van der Waals surface area contributed by atoms with Crippen LogP contribution in [0.25, 0.3) is 0 Å². The Bertz CT molecular complexity index is 451. The molecule has 0 radical (unpaired) electrons. The second-order valence-electron chi connectivity index (χ2n) is 4.82. The fraction of sp³-hybridized carbons (Fsp3) is 0.500. The van der Waals surface area contributed by atoms with Crippen LogP contribution in [0.4, 0.5) is 13.2 Å². The predicted molar refractivity (Wildman–Crippen MR) is 76.1 cm³/mol. The van der Waals surface area contributed by atoms with Crippen LogP contribution in [0, 0.1) is 0 Å². The van der Waals surface area contributed by atoms with Crippen molar-refractivity contribution in [1.82, 2.24) is 10.2 Å². The van der Waals surface area contributed by atoms with E-state index in [0.29, 0.717) is 0 Å². The lowest BCUT2D eigenvalue weighted by Gasteiger charge is -2.30. The van der Waals surface area contributed by atoms with Crippen LogP contribution < -0.4 is 5.32 Å². The van der Waals surface area contributed by atoms with Crippen molar-refractivity contribution in [3.05, 3.63) is 35.9 Å². The summed E-state index contributed by atoms with van der Waals surface area (Å²) < 4.78 is 39.3. The highest BCUT2D eigenvalue weighted by Gasteiger charge is 2.42. The standard InChI is InChI=1S/C14H18ClF3N2O/c1-10(15)13(21)19-8-12(14(16,17)18)20(2)9-11-6-4-3-5-7-11/h3-7,10,12H,8-9H2,1-2H3,(H,19,21). The lowest BCUT2D eigenvalue weighted by atomic mass is 10.1. The molecule has 0 heterocycles. The first-order valence-corrected chi connectivity index (χ1v) is 6.88. The van der Waals surface area contributed by atoms with Crippen molar-refractivity contribution in [2.45, 2.75) is 31.1 Å². The number of benzene rings is 1. The van der Waals surface area contributed by atoms with Crippen molar-refractivity contribution in [1.29, 1.82) is 0 Å². The number of amides is 1. The van der Waals surface area contributed by atoms with Gasteiger partial charge in [0.1, 0.15) is 11.4 Å². The second-order valence-corrected chi connectivity index (χ2v) is 5.47. The first-order chi connectivity index (χ1) is 9.71. The molecule has 0 saturated carbocycles. The third-order valence-corrected chi connectivity index (χ3v) is 3.21. The molecule has 0 aliphatic rings. The lowest BCUT2D eigenvalue weighted by molar-refractivity contribution is -0.180. The van der Waals surface area contributed by atoms with Gasteiger partial charge in [0, 0.05) is 13.1 Å². The molecule has 1 aromatic rings. The molecule has 0 aliphatic carbocycles. The van der Waals surface area contributed by atoms with Crippen molar-refractivity contribution in [3.8, 4) is 0 Å². The molecule has 0 bridgehead atoms. The summed E-state index contributed by atoms with van der Waals surface area (Å²) in [7, 11) is 1.38. The van der Waals surface area contributed by atoms with Crippen molar-refractivity contribution >= 4 is 17.5 Å². The van der Waals surface area contributed by atoms with E-state index in [1.807, 2.05) is 0 Å². The van der Waals surface area contributed by atoms with Gasteiger partial charge in [0.05, 0.1) is 0 Å². The number of carbonyl (C=O) groups excluding carboxylic acids is 1. The summed E-state index contributed by atoms with van der Waals surface area (Å²) in [4.78, 5) is 12.5. The largest absolute Gasteiger partial charge is 0.405 e. The summed E-state index contributed by atoms with van der Waals surface area (Å²) in [5.41, 5.74) is 0.770.